The summed E-state index contributed by atoms with van der Waals surface area (Å²) in [6.45, 7) is 0.481. The van der Waals surface area contributed by atoms with Crippen molar-refractivity contribution in [2.24, 2.45) is 5.41 Å². The van der Waals surface area contributed by atoms with Crippen molar-refractivity contribution in [3.05, 3.63) is 29.8 Å². The van der Waals surface area contributed by atoms with Gasteiger partial charge in [0, 0.05) is 18.8 Å². The Labute approximate surface area is 120 Å². The summed E-state index contributed by atoms with van der Waals surface area (Å²) in [5.74, 6) is 0. The van der Waals surface area contributed by atoms with Crippen LogP contribution in [0.5, 0.6) is 0 Å². The first-order valence-corrected chi connectivity index (χ1v) is 6.68. The van der Waals surface area contributed by atoms with Crippen molar-refractivity contribution in [1.29, 1.82) is 0 Å². The molecule has 0 aromatic heterocycles. The van der Waals surface area contributed by atoms with E-state index in [0.29, 0.717) is 13.0 Å². The van der Waals surface area contributed by atoms with Crippen LogP contribution < -0.4 is 10.6 Å². The number of halogens is 3. The zero-order chi connectivity index (χ0) is 15.5. The maximum atomic E-state index is 12.6. The summed E-state index contributed by atoms with van der Waals surface area (Å²) in [5.41, 5.74) is -0.756. The lowest BCUT2D eigenvalue weighted by atomic mass is 10.0. The highest BCUT2D eigenvalue weighted by atomic mass is 19.4. The highest BCUT2D eigenvalue weighted by Gasteiger charge is 2.41. The second kappa shape index (κ2) is 5.93. The molecule has 2 amide bonds. The van der Waals surface area contributed by atoms with Gasteiger partial charge in [-0.2, -0.15) is 13.2 Å². The molecule has 1 aromatic carbocycles. The molecule has 7 heteroatoms. The van der Waals surface area contributed by atoms with E-state index in [4.69, 9.17) is 5.11 Å². The summed E-state index contributed by atoms with van der Waals surface area (Å²) in [7, 11) is 0. The Kier molecular flexibility index (Phi) is 4.41. The lowest BCUT2D eigenvalue weighted by Gasteiger charge is -2.15. The molecule has 2 rings (SSSR count). The summed E-state index contributed by atoms with van der Waals surface area (Å²) < 4.78 is 37.7. The topological polar surface area (TPSA) is 61.4 Å². The van der Waals surface area contributed by atoms with E-state index < -0.39 is 17.8 Å². The number of alkyl halides is 3. The van der Waals surface area contributed by atoms with Gasteiger partial charge in [-0.15, -0.1) is 0 Å². The van der Waals surface area contributed by atoms with Crippen molar-refractivity contribution in [2.75, 3.05) is 18.5 Å². The second-order valence-corrected chi connectivity index (χ2v) is 5.36. The molecule has 1 aromatic rings. The SMILES string of the molecule is O=C(NCC1(CCO)CC1)Nc1cccc(C(F)(F)F)c1. The first-order valence-electron chi connectivity index (χ1n) is 6.68. The molecule has 0 bridgehead atoms. The standard InChI is InChI=1S/C14H17F3N2O2/c15-14(16,17)10-2-1-3-11(8-10)19-12(21)18-9-13(4-5-13)6-7-20/h1-3,8,20H,4-7,9H2,(H2,18,19,21). The molecule has 0 radical (unpaired) electrons. The molecule has 4 nitrogen and oxygen atoms in total. The Bertz CT molecular complexity index is 513. The van der Waals surface area contributed by atoms with E-state index in [1.807, 2.05) is 0 Å². The van der Waals surface area contributed by atoms with Gasteiger partial charge in [0.05, 0.1) is 5.56 Å². The lowest BCUT2D eigenvalue weighted by molar-refractivity contribution is -0.137. The van der Waals surface area contributed by atoms with E-state index in [1.165, 1.54) is 12.1 Å². The van der Waals surface area contributed by atoms with E-state index in [9.17, 15) is 18.0 Å². The second-order valence-electron chi connectivity index (χ2n) is 5.36. The van der Waals surface area contributed by atoms with Crippen LogP contribution in [0.15, 0.2) is 24.3 Å². The van der Waals surface area contributed by atoms with E-state index >= 15 is 0 Å². The van der Waals surface area contributed by atoms with Crippen LogP contribution in [0.3, 0.4) is 0 Å². The zero-order valence-corrected chi connectivity index (χ0v) is 11.3. The van der Waals surface area contributed by atoms with Crippen molar-refractivity contribution in [1.82, 2.24) is 5.32 Å². The molecule has 0 heterocycles. The molecule has 0 spiro atoms. The third kappa shape index (κ3) is 4.35. The smallest absolute Gasteiger partial charge is 0.396 e. The van der Waals surface area contributed by atoms with E-state index in [0.717, 1.165) is 25.0 Å². The molecule has 1 saturated carbocycles. The average Bonchev–Trinajstić information content (AvgIpc) is 3.17. The average molecular weight is 302 g/mol. The van der Waals surface area contributed by atoms with Gasteiger partial charge >= 0.3 is 12.2 Å². The first-order chi connectivity index (χ1) is 9.85. The highest BCUT2D eigenvalue weighted by Crippen LogP contribution is 2.47. The van der Waals surface area contributed by atoms with Gasteiger partial charge in [0.2, 0.25) is 0 Å². The summed E-state index contributed by atoms with van der Waals surface area (Å²) in [5, 5.41) is 13.9. The van der Waals surface area contributed by atoms with Crippen LogP contribution in [0.1, 0.15) is 24.8 Å². The molecule has 1 aliphatic rings. The van der Waals surface area contributed by atoms with Crippen LogP contribution in [-0.4, -0.2) is 24.3 Å². The number of aliphatic hydroxyl groups excluding tert-OH is 1. The van der Waals surface area contributed by atoms with Crippen molar-refractivity contribution in [3.8, 4) is 0 Å². The minimum Gasteiger partial charge on any atom is -0.396 e. The van der Waals surface area contributed by atoms with Gasteiger partial charge in [-0.25, -0.2) is 4.79 Å². The number of hydrogen-bond acceptors (Lipinski definition) is 2. The third-order valence-electron chi connectivity index (χ3n) is 3.67. The Hall–Kier alpha value is -1.76. The molecule has 116 valence electrons. The number of amides is 2. The molecule has 0 aliphatic heterocycles. The number of benzene rings is 1. The van der Waals surface area contributed by atoms with Crippen LogP contribution in [0.25, 0.3) is 0 Å². The number of urea groups is 1. The monoisotopic (exact) mass is 302 g/mol. The van der Waals surface area contributed by atoms with Gasteiger partial charge < -0.3 is 15.7 Å². The fraction of sp³-hybridized carbons (Fsp3) is 0.500. The normalized spacial score (nSPS) is 16.4. The predicted molar refractivity (Wildman–Crippen MR) is 71.8 cm³/mol. The molecule has 21 heavy (non-hydrogen) atoms. The number of carbonyl (C=O) groups excluding carboxylic acids is 1. The van der Waals surface area contributed by atoms with Crippen LogP contribution in [0, 0.1) is 5.41 Å². The fourth-order valence-corrected chi connectivity index (χ4v) is 2.15. The van der Waals surface area contributed by atoms with Gasteiger partial charge in [0.1, 0.15) is 0 Å². The largest absolute Gasteiger partial charge is 0.416 e. The van der Waals surface area contributed by atoms with E-state index in [2.05, 4.69) is 10.6 Å². The molecule has 0 unspecified atom stereocenters. The van der Waals surface area contributed by atoms with Crippen molar-refractivity contribution in [3.63, 3.8) is 0 Å². The molecule has 0 atom stereocenters. The van der Waals surface area contributed by atoms with Gasteiger partial charge in [0.15, 0.2) is 0 Å². The number of hydrogen-bond donors (Lipinski definition) is 3. The highest BCUT2D eigenvalue weighted by molar-refractivity contribution is 5.89. The zero-order valence-electron chi connectivity index (χ0n) is 11.3. The lowest BCUT2D eigenvalue weighted by Crippen LogP contribution is -2.34. The first kappa shape index (κ1) is 15.6. The number of anilines is 1. The summed E-state index contributed by atoms with van der Waals surface area (Å²) in [6, 6.07) is 3.93. The number of carbonyl (C=O) groups is 1. The Morgan fingerprint density at radius 1 is 1.33 bits per heavy atom. The van der Waals surface area contributed by atoms with Gasteiger partial charge in [-0.1, -0.05) is 6.07 Å². The molecule has 3 N–H and O–H groups in total. The summed E-state index contributed by atoms with van der Waals surface area (Å²) in [4.78, 5) is 11.7. The van der Waals surface area contributed by atoms with Gasteiger partial charge in [0.25, 0.3) is 0 Å². The van der Waals surface area contributed by atoms with Crippen molar-refractivity contribution >= 4 is 11.7 Å². The minimum atomic E-state index is -4.44. The van der Waals surface area contributed by atoms with Gasteiger partial charge in [-0.05, 0) is 42.9 Å². The third-order valence-corrected chi connectivity index (χ3v) is 3.67. The molecule has 0 saturated heterocycles. The Balaban J connectivity index is 1.88. The van der Waals surface area contributed by atoms with Crippen LogP contribution in [0.4, 0.5) is 23.7 Å². The van der Waals surface area contributed by atoms with Crippen LogP contribution >= 0.6 is 0 Å². The quantitative estimate of drug-likeness (QED) is 0.783. The predicted octanol–water partition coefficient (Wildman–Crippen LogP) is 2.99. The van der Waals surface area contributed by atoms with Crippen LogP contribution in [-0.2, 0) is 6.18 Å². The van der Waals surface area contributed by atoms with Gasteiger partial charge in [-0.3, -0.25) is 0 Å². The summed E-state index contributed by atoms with van der Waals surface area (Å²) in [6.07, 6.45) is -1.93. The molecule has 1 fully saturated rings. The molecular weight excluding hydrogens is 285 g/mol. The number of nitrogens with one attached hydrogen (secondary N) is 2. The molecular formula is C14H17F3N2O2. The Morgan fingerprint density at radius 2 is 2.05 bits per heavy atom. The maximum absolute atomic E-state index is 12.6. The molecule has 1 aliphatic carbocycles. The summed E-state index contributed by atoms with van der Waals surface area (Å²) >= 11 is 0. The van der Waals surface area contributed by atoms with E-state index in [1.54, 1.807) is 0 Å². The van der Waals surface area contributed by atoms with Crippen molar-refractivity contribution in [2.45, 2.75) is 25.4 Å². The minimum absolute atomic E-state index is 0.0418. The van der Waals surface area contributed by atoms with E-state index in [-0.39, 0.29) is 17.7 Å². The number of aliphatic hydroxyl groups is 1. The fourth-order valence-electron chi connectivity index (χ4n) is 2.15. The maximum Gasteiger partial charge on any atom is 0.416 e. The Morgan fingerprint density at radius 3 is 2.62 bits per heavy atom. The van der Waals surface area contributed by atoms with Crippen LogP contribution in [0.2, 0.25) is 0 Å². The number of rotatable bonds is 5. The van der Waals surface area contributed by atoms with Crippen molar-refractivity contribution < 1.29 is 23.1 Å².